The van der Waals surface area contributed by atoms with E-state index in [9.17, 15) is 18.0 Å². The van der Waals surface area contributed by atoms with Gasteiger partial charge in [-0.1, -0.05) is 6.92 Å². The van der Waals surface area contributed by atoms with Crippen LogP contribution in [-0.4, -0.2) is 18.3 Å². The number of hydrogen-bond donors (Lipinski definition) is 1. The molecule has 0 aliphatic heterocycles. The molecule has 0 saturated heterocycles. The summed E-state index contributed by atoms with van der Waals surface area (Å²) < 4.78 is 39.5. The van der Waals surface area contributed by atoms with Crippen LogP contribution in [0.1, 0.15) is 23.7 Å². The van der Waals surface area contributed by atoms with Crippen molar-refractivity contribution < 1.29 is 22.7 Å². The minimum absolute atomic E-state index is 0.156. The van der Waals surface area contributed by atoms with Crippen molar-refractivity contribution in [2.75, 3.05) is 0 Å². The van der Waals surface area contributed by atoms with Crippen LogP contribution in [-0.2, 0) is 0 Å². The Morgan fingerprint density at radius 2 is 2.00 bits per heavy atom. The number of nitrogens with zero attached hydrogens (tertiary/aromatic N) is 1. The summed E-state index contributed by atoms with van der Waals surface area (Å²) in [6.45, 7) is 1.73. The second-order valence-corrected chi connectivity index (χ2v) is 3.64. The molecule has 1 aromatic rings. The highest BCUT2D eigenvalue weighted by Crippen LogP contribution is 2.22. The van der Waals surface area contributed by atoms with Gasteiger partial charge in [0.15, 0.2) is 0 Å². The zero-order chi connectivity index (χ0) is 14.5. The van der Waals surface area contributed by atoms with E-state index in [0.717, 1.165) is 12.1 Å². The maximum atomic E-state index is 11.9. The molecule has 0 saturated carbocycles. The number of rotatable bonds is 4. The molecule has 1 unspecified atom stereocenters. The summed E-state index contributed by atoms with van der Waals surface area (Å²) >= 11 is 0. The third-order valence-corrected chi connectivity index (χ3v) is 2.22. The third-order valence-electron chi connectivity index (χ3n) is 2.22. The maximum Gasteiger partial charge on any atom is 0.573 e. The molecule has 1 aromatic carbocycles. The summed E-state index contributed by atoms with van der Waals surface area (Å²) in [7, 11) is 0. The highest BCUT2D eigenvalue weighted by atomic mass is 19.4. The molecule has 19 heavy (non-hydrogen) atoms. The summed E-state index contributed by atoms with van der Waals surface area (Å²) in [5.41, 5.74) is 0.156. The molecule has 1 atom stereocenters. The molecule has 0 aromatic heterocycles. The molecular weight excluding hydrogens is 261 g/mol. The Bertz CT molecular complexity index is 477. The van der Waals surface area contributed by atoms with E-state index in [2.05, 4.69) is 10.1 Å². The van der Waals surface area contributed by atoms with Crippen LogP contribution in [0.4, 0.5) is 13.2 Å². The van der Waals surface area contributed by atoms with Gasteiger partial charge in [-0.2, -0.15) is 5.26 Å². The maximum absolute atomic E-state index is 11.9. The Labute approximate surface area is 107 Å². The minimum atomic E-state index is -4.77. The molecule has 4 nitrogen and oxygen atoms in total. The van der Waals surface area contributed by atoms with Gasteiger partial charge in [-0.25, -0.2) is 0 Å². The highest BCUT2D eigenvalue weighted by Gasteiger charge is 2.31. The predicted octanol–water partition coefficient (Wildman–Crippen LogP) is 2.62. The van der Waals surface area contributed by atoms with E-state index in [4.69, 9.17) is 5.26 Å². The zero-order valence-corrected chi connectivity index (χ0v) is 9.99. The third kappa shape index (κ3) is 4.87. The summed E-state index contributed by atoms with van der Waals surface area (Å²) in [5.74, 6) is -0.927. The average molecular weight is 272 g/mol. The lowest BCUT2D eigenvalue weighted by atomic mass is 10.2. The first kappa shape index (κ1) is 14.8. The lowest BCUT2D eigenvalue weighted by Crippen LogP contribution is -2.33. The van der Waals surface area contributed by atoms with Crippen LogP contribution < -0.4 is 10.1 Å². The molecule has 0 fully saturated rings. The van der Waals surface area contributed by atoms with Crippen molar-refractivity contribution in [1.82, 2.24) is 5.32 Å². The standard InChI is InChI=1S/C12H11F3N2O2/c1-2-9(7-16)17-11(18)8-3-5-10(6-4-8)19-12(13,14)15/h3-6,9H,2H2,1H3,(H,17,18). The molecule has 1 amide bonds. The van der Waals surface area contributed by atoms with Crippen LogP contribution in [0, 0.1) is 11.3 Å². The van der Waals surface area contributed by atoms with Crippen LogP contribution in [0.2, 0.25) is 0 Å². The molecular formula is C12H11F3N2O2. The first-order valence-corrected chi connectivity index (χ1v) is 5.42. The van der Waals surface area contributed by atoms with Crippen molar-refractivity contribution >= 4 is 5.91 Å². The van der Waals surface area contributed by atoms with E-state index < -0.39 is 24.1 Å². The molecule has 7 heteroatoms. The van der Waals surface area contributed by atoms with Crippen molar-refractivity contribution in [3.63, 3.8) is 0 Å². The lowest BCUT2D eigenvalue weighted by Gasteiger charge is -2.11. The summed E-state index contributed by atoms with van der Waals surface area (Å²) in [5, 5.41) is 11.1. The molecule has 0 bridgehead atoms. The number of amides is 1. The monoisotopic (exact) mass is 272 g/mol. The van der Waals surface area contributed by atoms with Gasteiger partial charge in [-0.3, -0.25) is 4.79 Å². The molecule has 0 heterocycles. The van der Waals surface area contributed by atoms with Gasteiger partial charge >= 0.3 is 6.36 Å². The number of carbonyl (C=O) groups excluding carboxylic acids is 1. The summed E-state index contributed by atoms with van der Waals surface area (Å²) in [6.07, 6.45) is -4.32. The summed E-state index contributed by atoms with van der Waals surface area (Å²) in [4.78, 5) is 11.6. The van der Waals surface area contributed by atoms with Gasteiger partial charge in [0.1, 0.15) is 11.8 Å². The number of halogens is 3. The second kappa shape index (κ2) is 6.09. The first-order chi connectivity index (χ1) is 8.85. The van der Waals surface area contributed by atoms with Crippen molar-refractivity contribution in [2.45, 2.75) is 25.7 Å². The van der Waals surface area contributed by atoms with Crippen LogP contribution >= 0.6 is 0 Å². The number of benzene rings is 1. The summed E-state index contributed by atoms with van der Waals surface area (Å²) in [6, 6.07) is 5.73. The fraction of sp³-hybridized carbons (Fsp3) is 0.333. The van der Waals surface area contributed by atoms with Crippen molar-refractivity contribution in [3.05, 3.63) is 29.8 Å². The number of ether oxygens (including phenoxy) is 1. The van der Waals surface area contributed by atoms with Gasteiger partial charge in [-0.05, 0) is 30.7 Å². The van der Waals surface area contributed by atoms with Gasteiger partial charge in [0.05, 0.1) is 6.07 Å². The van der Waals surface area contributed by atoms with Gasteiger partial charge in [0.2, 0.25) is 0 Å². The fourth-order valence-corrected chi connectivity index (χ4v) is 1.28. The Balaban J connectivity index is 2.71. The SMILES string of the molecule is CCC(C#N)NC(=O)c1ccc(OC(F)(F)F)cc1. The van der Waals surface area contributed by atoms with Crippen LogP contribution in [0.25, 0.3) is 0 Å². The largest absolute Gasteiger partial charge is 0.573 e. The van der Waals surface area contributed by atoms with Crippen molar-refractivity contribution in [2.24, 2.45) is 0 Å². The van der Waals surface area contributed by atoms with Gasteiger partial charge in [0, 0.05) is 5.56 Å². The smallest absolute Gasteiger partial charge is 0.406 e. The quantitative estimate of drug-likeness (QED) is 0.916. The number of nitrogens with one attached hydrogen (secondary N) is 1. The minimum Gasteiger partial charge on any atom is -0.406 e. The van der Waals surface area contributed by atoms with Crippen LogP contribution in [0.5, 0.6) is 5.75 Å². The highest BCUT2D eigenvalue weighted by molar-refractivity contribution is 5.94. The Morgan fingerprint density at radius 3 is 2.42 bits per heavy atom. The van der Waals surface area contributed by atoms with E-state index in [1.807, 2.05) is 6.07 Å². The second-order valence-electron chi connectivity index (χ2n) is 3.64. The zero-order valence-electron chi connectivity index (χ0n) is 9.99. The normalized spacial score (nSPS) is 12.4. The Hall–Kier alpha value is -2.23. The van der Waals surface area contributed by atoms with E-state index in [1.165, 1.54) is 12.1 Å². The van der Waals surface area contributed by atoms with E-state index in [0.29, 0.717) is 6.42 Å². The molecule has 1 rings (SSSR count). The molecule has 0 spiro atoms. The number of nitriles is 1. The van der Waals surface area contributed by atoms with Gasteiger partial charge in [-0.15, -0.1) is 13.2 Å². The topological polar surface area (TPSA) is 62.1 Å². The molecule has 1 N–H and O–H groups in total. The lowest BCUT2D eigenvalue weighted by molar-refractivity contribution is -0.274. The van der Waals surface area contributed by atoms with E-state index in [-0.39, 0.29) is 5.56 Å². The van der Waals surface area contributed by atoms with Gasteiger partial charge < -0.3 is 10.1 Å². The Morgan fingerprint density at radius 1 is 1.42 bits per heavy atom. The molecule has 0 aliphatic rings. The van der Waals surface area contributed by atoms with Crippen LogP contribution in [0.15, 0.2) is 24.3 Å². The fourth-order valence-electron chi connectivity index (χ4n) is 1.28. The Kier molecular flexibility index (Phi) is 4.75. The molecule has 0 radical (unpaired) electrons. The molecule has 0 aliphatic carbocycles. The first-order valence-electron chi connectivity index (χ1n) is 5.42. The number of alkyl halides is 3. The molecule has 102 valence electrons. The van der Waals surface area contributed by atoms with E-state index in [1.54, 1.807) is 6.92 Å². The van der Waals surface area contributed by atoms with Crippen molar-refractivity contribution in [1.29, 1.82) is 5.26 Å². The predicted molar refractivity (Wildman–Crippen MR) is 60.3 cm³/mol. The number of hydrogen-bond acceptors (Lipinski definition) is 3. The number of carbonyl (C=O) groups is 1. The average Bonchev–Trinajstić information content (AvgIpc) is 2.34. The van der Waals surface area contributed by atoms with Crippen molar-refractivity contribution in [3.8, 4) is 11.8 Å². The van der Waals surface area contributed by atoms with Gasteiger partial charge in [0.25, 0.3) is 5.91 Å². The van der Waals surface area contributed by atoms with Crippen LogP contribution in [0.3, 0.4) is 0 Å². The van der Waals surface area contributed by atoms with E-state index >= 15 is 0 Å².